The van der Waals surface area contributed by atoms with Gasteiger partial charge in [-0.3, -0.25) is 0 Å². The largest absolute Gasteiger partial charge is 0.319 e. The number of rotatable bonds is 3. The van der Waals surface area contributed by atoms with Crippen LogP contribution in [0, 0.1) is 0 Å². The van der Waals surface area contributed by atoms with E-state index in [0.717, 1.165) is 23.7 Å². The van der Waals surface area contributed by atoms with Crippen molar-refractivity contribution in [3.05, 3.63) is 36.2 Å². The van der Waals surface area contributed by atoms with Crippen molar-refractivity contribution in [2.24, 2.45) is 0 Å². The molecule has 0 saturated heterocycles. The molecular formula is C11H13N3. The van der Waals surface area contributed by atoms with Crippen molar-refractivity contribution in [2.75, 3.05) is 13.6 Å². The van der Waals surface area contributed by atoms with Crippen molar-refractivity contribution >= 4 is 10.8 Å². The van der Waals surface area contributed by atoms with Gasteiger partial charge in [-0.15, -0.1) is 0 Å². The maximum absolute atomic E-state index is 3.87. The first kappa shape index (κ1) is 9.09. The van der Waals surface area contributed by atoms with Gasteiger partial charge in [0.15, 0.2) is 0 Å². The Balaban J connectivity index is 2.32. The minimum atomic E-state index is 1.00. The zero-order chi connectivity index (χ0) is 9.80. The summed E-state index contributed by atoms with van der Waals surface area (Å²) in [6.45, 7) is 1.00. The Morgan fingerprint density at radius 2 is 1.93 bits per heavy atom. The first-order valence-corrected chi connectivity index (χ1v) is 4.74. The fourth-order valence-electron chi connectivity index (χ4n) is 1.47. The van der Waals surface area contributed by atoms with E-state index in [1.54, 1.807) is 12.4 Å². The van der Waals surface area contributed by atoms with Crippen molar-refractivity contribution in [3.63, 3.8) is 0 Å². The van der Waals surface area contributed by atoms with Crippen LogP contribution in [0.4, 0.5) is 0 Å². The molecule has 3 nitrogen and oxygen atoms in total. The molecule has 1 aromatic heterocycles. The molecule has 0 aliphatic heterocycles. The fraction of sp³-hybridized carbons (Fsp3) is 0.273. The van der Waals surface area contributed by atoms with Gasteiger partial charge in [-0.05, 0) is 31.6 Å². The highest BCUT2D eigenvalue weighted by molar-refractivity contribution is 5.81. The van der Waals surface area contributed by atoms with Gasteiger partial charge in [0, 0.05) is 10.8 Å². The zero-order valence-corrected chi connectivity index (χ0v) is 8.20. The molecule has 1 heterocycles. The molecule has 0 fully saturated rings. The van der Waals surface area contributed by atoms with Gasteiger partial charge in [0.05, 0.1) is 12.4 Å². The number of benzene rings is 1. The lowest BCUT2D eigenvalue weighted by molar-refractivity contribution is 0.792. The quantitative estimate of drug-likeness (QED) is 0.789. The van der Waals surface area contributed by atoms with Gasteiger partial charge in [-0.2, -0.15) is 10.2 Å². The molecule has 0 atom stereocenters. The summed E-state index contributed by atoms with van der Waals surface area (Å²) in [6.07, 6.45) is 4.64. The van der Waals surface area contributed by atoms with Crippen LogP contribution in [0.5, 0.6) is 0 Å². The second kappa shape index (κ2) is 4.15. The van der Waals surface area contributed by atoms with E-state index >= 15 is 0 Å². The van der Waals surface area contributed by atoms with E-state index in [1.807, 2.05) is 7.05 Å². The Morgan fingerprint density at radius 3 is 2.71 bits per heavy atom. The molecule has 0 radical (unpaired) electrons. The third kappa shape index (κ3) is 1.88. The molecule has 0 aliphatic carbocycles. The lowest BCUT2D eigenvalue weighted by Crippen LogP contribution is -2.10. The van der Waals surface area contributed by atoms with Crippen LogP contribution in [-0.2, 0) is 6.42 Å². The minimum absolute atomic E-state index is 1.00. The van der Waals surface area contributed by atoms with Gasteiger partial charge in [0.1, 0.15) is 0 Å². The molecule has 2 rings (SSSR count). The molecule has 0 bridgehead atoms. The van der Waals surface area contributed by atoms with Crippen molar-refractivity contribution < 1.29 is 0 Å². The third-order valence-electron chi connectivity index (χ3n) is 2.28. The molecule has 1 N–H and O–H groups in total. The Hall–Kier alpha value is -1.48. The monoisotopic (exact) mass is 187 g/mol. The van der Waals surface area contributed by atoms with Gasteiger partial charge in [0.25, 0.3) is 0 Å². The fourth-order valence-corrected chi connectivity index (χ4v) is 1.47. The van der Waals surface area contributed by atoms with Crippen LogP contribution in [0.2, 0.25) is 0 Å². The highest BCUT2D eigenvalue weighted by Gasteiger charge is 1.96. The predicted molar refractivity (Wildman–Crippen MR) is 57.2 cm³/mol. The summed E-state index contributed by atoms with van der Waals surface area (Å²) in [7, 11) is 1.96. The average Bonchev–Trinajstić information content (AvgIpc) is 2.26. The van der Waals surface area contributed by atoms with E-state index in [4.69, 9.17) is 0 Å². The zero-order valence-electron chi connectivity index (χ0n) is 8.20. The van der Waals surface area contributed by atoms with Gasteiger partial charge < -0.3 is 5.32 Å². The Bertz CT molecular complexity index is 426. The molecule has 0 saturated carbocycles. The number of aromatic nitrogens is 2. The molecule has 3 heteroatoms. The lowest BCUT2D eigenvalue weighted by atomic mass is 10.1. The minimum Gasteiger partial charge on any atom is -0.319 e. The Kier molecular flexibility index (Phi) is 2.70. The van der Waals surface area contributed by atoms with E-state index in [9.17, 15) is 0 Å². The van der Waals surface area contributed by atoms with Crippen LogP contribution in [0.3, 0.4) is 0 Å². The van der Waals surface area contributed by atoms with Crippen LogP contribution in [0.25, 0.3) is 10.8 Å². The summed E-state index contributed by atoms with van der Waals surface area (Å²) in [6, 6.07) is 6.40. The molecule has 0 unspecified atom stereocenters. The topological polar surface area (TPSA) is 37.8 Å². The number of hydrogen-bond acceptors (Lipinski definition) is 3. The summed E-state index contributed by atoms with van der Waals surface area (Å²) in [5.74, 6) is 0. The van der Waals surface area contributed by atoms with Crippen LogP contribution in [0.15, 0.2) is 30.6 Å². The molecule has 72 valence electrons. The standard InChI is InChI=1S/C11H13N3/c1-12-5-4-9-2-3-10-7-13-14-8-11(10)6-9/h2-3,6-8,12H,4-5H2,1H3. The van der Waals surface area contributed by atoms with Crippen LogP contribution in [-0.4, -0.2) is 23.8 Å². The van der Waals surface area contributed by atoms with Gasteiger partial charge >= 0.3 is 0 Å². The summed E-state index contributed by atoms with van der Waals surface area (Å²) in [4.78, 5) is 0. The molecule has 14 heavy (non-hydrogen) atoms. The van der Waals surface area contributed by atoms with Gasteiger partial charge in [0.2, 0.25) is 0 Å². The molecule has 1 aromatic carbocycles. The predicted octanol–water partition coefficient (Wildman–Crippen LogP) is 1.39. The summed E-state index contributed by atoms with van der Waals surface area (Å²) >= 11 is 0. The normalized spacial score (nSPS) is 10.6. The number of likely N-dealkylation sites (N-methyl/N-ethyl adjacent to an activating group) is 1. The van der Waals surface area contributed by atoms with Crippen molar-refractivity contribution in [1.82, 2.24) is 15.5 Å². The molecule has 0 aliphatic rings. The Morgan fingerprint density at radius 1 is 1.14 bits per heavy atom. The molecule has 2 aromatic rings. The number of nitrogens with one attached hydrogen (secondary N) is 1. The summed E-state index contributed by atoms with van der Waals surface area (Å²) in [5.41, 5.74) is 1.33. The van der Waals surface area contributed by atoms with Crippen molar-refractivity contribution in [2.45, 2.75) is 6.42 Å². The van der Waals surface area contributed by atoms with Crippen LogP contribution < -0.4 is 5.32 Å². The van der Waals surface area contributed by atoms with E-state index in [0.29, 0.717) is 0 Å². The number of hydrogen-bond donors (Lipinski definition) is 1. The summed E-state index contributed by atoms with van der Waals surface area (Å²) in [5, 5.41) is 13.2. The highest BCUT2D eigenvalue weighted by Crippen LogP contribution is 2.13. The first-order chi connectivity index (χ1) is 6.90. The SMILES string of the molecule is CNCCc1ccc2cnncc2c1. The van der Waals surface area contributed by atoms with E-state index in [2.05, 4.69) is 33.7 Å². The van der Waals surface area contributed by atoms with Crippen molar-refractivity contribution in [3.8, 4) is 0 Å². The molecular weight excluding hydrogens is 174 g/mol. The lowest BCUT2D eigenvalue weighted by Gasteiger charge is -2.02. The highest BCUT2D eigenvalue weighted by atomic mass is 15.1. The maximum Gasteiger partial charge on any atom is 0.0574 e. The van der Waals surface area contributed by atoms with E-state index in [1.165, 1.54) is 5.56 Å². The van der Waals surface area contributed by atoms with E-state index < -0.39 is 0 Å². The second-order valence-corrected chi connectivity index (χ2v) is 3.31. The molecule has 0 spiro atoms. The van der Waals surface area contributed by atoms with E-state index in [-0.39, 0.29) is 0 Å². The number of nitrogens with zero attached hydrogens (tertiary/aromatic N) is 2. The number of fused-ring (bicyclic) bond motifs is 1. The second-order valence-electron chi connectivity index (χ2n) is 3.31. The maximum atomic E-state index is 3.87. The Labute approximate surface area is 83.2 Å². The van der Waals surface area contributed by atoms with Gasteiger partial charge in [-0.25, -0.2) is 0 Å². The van der Waals surface area contributed by atoms with Crippen LogP contribution in [0.1, 0.15) is 5.56 Å². The van der Waals surface area contributed by atoms with Gasteiger partial charge in [-0.1, -0.05) is 12.1 Å². The summed E-state index contributed by atoms with van der Waals surface area (Å²) < 4.78 is 0. The van der Waals surface area contributed by atoms with Crippen molar-refractivity contribution in [1.29, 1.82) is 0 Å². The first-order valence-electron chi connectivity index (χ1n) is 4.74. The van der Waals surface area contributed by atoms with Crippen LogP contribution >= 0.6 is 0 Å². The average molecular weight is 187 g/mol. The molecule has 0 amide bonds. The third-order valence-corrected chi connectivity index (χ3v) is 2.28. The smallest absolute Gasteiger partial charge is 0.0574 e.